The first-order valence-corrected chi connectivity index (χ1v) is 11.7. The van der Waals surface area contributed by atoms with Crippen LogP contribution in [-0.2, 0) is 10.4 Å². The van der Waals surface area contributed by atoms with Gasteiger partial charge in [0.2, 0.25) is 0 Å². The van der Waals surface area contributed by atoms with E-state index in [4.69, 9.17) is 5.73 Å². The summed E-state index contributed by atoms with van der Waals surface area (Å²) in [6.07, 6.45) is 8.65. The Bertz CT molecular complexity index is 694. The Hall–Kier alpha value is -2.08. The average Bonchev–Trinajstić information content (AvgIpc) is 3.34. The van der Waals surface area contributed by atoms with E-state index in [1.807, 2.05) is 35.2 Å². The van der Waals surface area contributed by atoms with Crippen LogP contribution >= 0.6 is 0 Å². The lowest BCUT2D eigenvalue weighted by atomic mass is 9.79. The lowest BCUT2D eigenvalue weighted by molar-refractivity contribution is -0.160. The maximum Gasteiger partial charge on any atom is 0.259 e. The van der Waals surface area contributed by atoms with Crippen molar-refractivity contribution in [3.05, 3.63) is 35.9 Å². The third-order valence-electron chi connectivity index (χ3n) is 6.66. The van der Waals surface area contributed by atoms with Gasteiger partial charge in [0.1, 0.15) is 0 Å². The Balaban J connectivity index is 1.62. The van der Waals surface area contributed by atoms with Gasteiger partial charge in [-0.25, -0.2) is 0 Å². The summed E-state index contributed by atoms with van der Waals surface area (Å²) in [5.74, 6) is 0.406. The van der Waals surface area contributed by atoms with E-state index in [0.29, 0.717) is 32.1 Å². The molecular formula is C24H38N4O2. The van der Waals surface area contributed by atoms with E-state index >= 15 is 0 Å². The lowest BCUT2D eigenvalue weighted by Crippen LogP contribution is -2.58. The molecule has 1 amide bonds. The molecular weight excluding hydrogens is 376 g/mol. The van der Waals surface area contributed by atoms with E-state index in [1.165, 1.54) is 19.3 Å². The molecule has 0 spiro atoms. The Kier molecular flexibility index (Phi) is 8.14. The van der Waals surface area contributed by atoms with Crippen molar-refractivity contribution >= 4 is 11.9 Å². The van der Waals surface area contributed by atoms with Gasteiger partial charge in [-0.3, -0.25) is 9.79 Å². The summed E-state index contributed by atoms with van der Waals surface area (Å²) >= 11 is 0. The van der Waals surface area contributed by atoms with Crippen LogP contribution < -0.4 is 5.73 Å². The molecule has 3 rings (SSSR count). The number of nitrogens with zero attached hydrogens (tertiary/aromatic N) is 3. The highest BCUT2D eigenvalue weighted by Crippen LogP contribution is 2.42. The minimum absolute atomic E-state index is 0.0137. The zero-order chi connectivity index (χ0) is 21.4. The van der Waals surface area contributed by atoms with E-state index in [1.54, 1.807) is 0 Å². The van der Waals surface area contributed by atoms with E-state index in [9.17, 15) is 9.90 Å². The highest BCUT2D eigenvalue weighted by Gasteiger charge is 2.48. The molecule has 1 saturated carbocycles. The van der Waals surface area contributed by atoms with Crippen LogP contribution in [0.3, 0.4) is 0 Å². The van der Waals surface area contributed by atoms with Crippen molar-refractivity contribution in [3.8, 4) is 0 Å². The largest absolute Gasteiger partial charge is 0.375 e. The molecule has 30 heavy (non-hydrogen) atoms. The fourth-order valence-electron chi connectivity index (χ4n) is 4.78. The Labute approximate surface area is 181 Å². The van der Waals surface area contributed by atoms with Crippen LogP contribution in [-0.4, -0.2) is 59.5 Å². The van der Waals surface area contributed by atoms with Gasteiger partial charge in [0.25, 0.3) is 5.91 Å². The van der Waals surface area contributed by atoms with Gasteiger partial charge in [0.05, 0.1) is 0 Å². The SMILES string of the molecule is CCCCCCN=C(N)N1CCN(C(=O)[C@](O)(c2ccccc2)C2CCCC2)CC1. The quantitative estimate of drug-likeness (QED) is 0.389. The van der Waals surface area contributed by atoms with Crippen molar-refractivity contribution in [2.75, 3.05) is 32.7 Å². The molecule has 3 N–H and O–H groups in total. The third kappa shape index (κ3) is 5.15. The number of piperazine rings is 1. The van der Waals surface area contributed by atoms with Gasteiger partial charge in [0.15, 0.2) is 11.6 Å². The Morgan fingerprint density at radius 3 is 2.33 bits per heavy atom. The number of benzene rings is 1. The Morgan fingerprint density at radius 2 is 1.70 bits per heavy atom. The summed E-state index contributed by atoms with van der Waals surface area (Å²) in [5.41, 5.74) is 5.47. The molecule has 1 saturated heterocycles. The number of amides is 1. The van der Waals surface area contributed by atoms with Gasteiger partial charge in [-0.2, -0.15) is 0 Å². The normalized spacial score (nSPS) is 20.4. The molecule has 6 nitrogen and oxygen atoms in total. The van der Waals surface area contributed by atoms with Gasteiger partial charge < -0.3 is 20.6 Å². The summed E-state index contributed by atoms with van der Waals surface area (Å²) < 4.78 is 0. The van der Waals surface area contributed by atoms with Crippen LogP contribution in [0.4, 0.5) is 0 Å². The molecule has 1 aliphatic carbocycles. The van der Waals surface area contributed by atoms with E-state index in [-0.39, 0.29) is 11.8 Å². The van der Waals surface area contributed by atoms with E-state index in [2.05, 4.69) is 16.8 Å². The summed E-state index contributed by atoms with van der Waals surface area (Å²) in [6.45, 7) is 5.40. The number of nitrogens with two attached hydrogens (primary N) is 1. The number of rotatable bonds is 8. The standard InChI is InChI=1S/C24H38N4O2/c1-2-3-4-10-15-26-23(25)28-18-16-27(17-19-28)22(29)24(30,21-13-8-9-14-21)20-11-6-5-7-12-20/h5-7,11-12,21,30H,2-4,8-10,13-19H2,1H3,(H2,25,26)/t24-/m0/s1. The predicted octanol–water partition coefficient (Wildman–Crippen LogP) is 3.10. The van der Waals surface area contributed by atoms with Crippen LogP contribution in [0.1, 0.15) is 63.9 Å². The summed E-state index contributed by atoms with van der Waals surface area (Å²) in [7, 11) is 0. The monoisotopic (exact) mass is 414 g/mol. The minimum Gasteiger partial charge on any atom is -0.375 e. The summed E-state index contributed by atoms with van der Waals surface area (Å²) in [5, 5.41) is 11.7. The molecule has 1 aromatic carbocycles. The molecule has 2 fully saturated rings. The molecule has 0 bridgehead atoms. The van der Waals surface area contributed by atoms with Gasteiger partial charge in [-0.1, -0.05) is 69.4 Å². The third-order valence-corrected chi connectivity index (χ3v) is 6.66. The fraction of sp³-hybridized carbons (Fsp3) is 0.667. The van der Waals surface area contributed by atoms with Crippen LogP contribution in [0.5, 0.6) is 0 Å². The van der Waals surface area contributed by atoms with Gasteiger partial charge in [-0.15, -0.1) is 0 Å². The van der Waals surface area contributed by atoms with Crippen molar-refractivity contribution in [1.82, 2.24) is 9.80 Å². The number of carbonyl (C=O) groups is 1. The average molecular weight is 415 g/mol. The molecule has 166 valence electrons. The molecule has 6 heteroatoms. The number of guanidine groups is 1. The van der Waals surface area contributed by atoms with E-state index < -0.39 is 5.60 Å². The molecule has 0 aromatic heterocycles. The van der Waals surface area contributed by atoms with Gasteiger partial charge in [-0.05, 0) is 24.8 Å². The molecule has 1 aliphatic heterocycles. The minimum atomic E-state index is -1.43. The smallest absolute Gasteiger partial charge is 0.259 e. The Morgan fingerprint density at radius 1 is 1.07 bits per heavy atom. The second-order valence-corrected chi connectivity index (χ2v) is 8.69. The van der Waals surface area contributed by atoms with Crippen molar-refractivity contribution in [3.63, 3.8) is 0 Å². The highest BCUT2D eigenvalue weighted by atomic mass is 16.3. The highest BCUT2D eigenvalue weighted by molar-refractivity contribution is 5.87. The molecule has 2 aliphatic rings. The molecule has 1 aromatic rings. The zero-order valence-corrected chi connectivity index (χ0v) is 18.4. The predicted molar refractivity (Wildman–Crippen MR) is 121 cm³/mol. The van der Waals surface area contributed by atoms with Crippen molar-refractivity contribution in [2.24, 2.45) is 16.6 Å². The summed E-state index contributed by atoms with van der Waals surface area (Å²) in [4.78, 5) is 21.9. The molecule has 1 heterocycles. The number of hydrogen-bond acceptors (Lipinski definition) is 3. The number of aliphatic imine (C=N–C) groups is 1. The van der Waals surface area contributed by atoms with Crippen molar-refractivity contribution < 1.29 is 9.90 Å². The van der Waals surface area contributed by atoms with Crippen LogP contribution in [0.2, 0.25) is 0 Å². The lowest BCUT2D eigenvalue weighted by Gasteiger charge is -2.41. The van der Waals surface area contributed by atoms with Gasteiger partial charge in [0, 0.05) is 38.6 Å². The van der Waals surface area contributed by atoms with Crippen LogP contribution in [0.25, 0.3) is 0 Å². The molecule has 1 atom stereocenters. The molecule has 0 unspecified atom stereocenters. The fourth-order valence-corrected chi connectivity index (χ4v) is 4.78. The maximum atomic E-state index is 13.6. The second kappa shape index (κ2) is 10.8. The zero-order valence-electron chi connectivity index (χ0n) is 18.4. The molecule has 0 radical (unpaired) electrons. The van der Waals surface area contributed by atoms with Crippen LogP contribution in [0, 0.1) is 5.92 Å². The number of aliphatic hydroxyl groups is 1. The summed E-state index contributed by atoms with van der Waals surface area (Å²) in [6, 6.07) is 9.49. The first kappa shape index (κ1) is 22.6. The second-order valence-electron chi connectivity index (χ2n) is 8.69. The number of carbonyl (C=O) groups excluding carboxylic acids is 1. The number of hydrogen-bond donors (Lipinski definition) is 2. The first-order valence-electron chi connectivity index (χ1n) is 11.7. The maximum absolute atomic E-state index is 13.6. The van der Waals surface area contributed by atoms with Crippen LogP contribution in [0.15, 0.2) is 35.3 Å². The first-order chi connectivity index (χ1) is 14.6. The van der Waals surface area contributed by atoms with Gasteiger partial charge >= 0.3 is 0 Å². The topological polar surface area (TPSA) is 82.2 Å². The number of unbranched alkanes of at least 4 members (excludes halogenated alkanes) is 3. The van der Waals surface area contributed by atoms with E-state index in [0.717, 1.165) is 44.2 Å². The van der Waals surface area contributed by atoms with Crippen molar-refractivity contribution in [2.45, 2.75) is 63.9 Å². The van der Waals surface area contributed by atoms with Crippen molar-refractivity contribution in [1.29, 1.82) is 0 Å².